The highest BCUT2D eigenvalue weighted by Gasteiger charge is 2.16. The number of allylic oxidation sites excluding steroid dienone is 1. The van der Waals surface area contributed by atoms with Crippen molar-refractivity contribution in [3.8, 4) is 16.9 Å². The number of anilines is 2. The minimum Gasteiger partial charge on any atom is -0.493 e. The Hall–Kier alpha value is -4.32. The summed E-state index contributed by atoms with van der Waals surface area (Å²) in [7, 11) is 0. The Morgan fingerprint density at radius 3 is 2.25 bits per heavy atom. The highest BCUT2D eigenvalue weighted by Crippen LogP contribution is 2.38. The van der Waals surface area contributed by atoms with Crippen molar-refractivity contribution in [3.63, 3.8) is 0 Å². The largest absolute Gasteiger partial charge is 0.493 e. The lowest BCUT2D eigenvalue weighted by molar-refractivity contribution is -0.114. The minimum absolute atomic E-state index is 0.147. The van der Waals surface area contributed by atoms with Crippen LogP contribution in [0.2, 0.25) is 0 Å². The quantitative estimate of drug-likeness (QED) is 0.275. The van der Waals surface area contributed by atoms with Crippen molar-refractivity contribution in [1.82, 2.24) is 0 Å². The van der Waals surface area contributed by atoms with Crippen LogP contribution >= 0.6 is 0 Å². The van der Waals surface area contributed by atoms with E-state index in [2.05, 4.69) is 42.7 Å². The summed E-state index contributed by atoms with van der Waals surface area (Å²) >= 11 is 0. The molecule has 0 unspecified atom stereocenters. The Balaban J connectivity index is 1.66. The number of hydrogen-bond donors (Lipinski definition) is 2. The maximum atomic E-state index is 12.8. The second-order valence-electron chi connectivity index (χ2n) is 8.82. The van der Waals surface area contributed by atoms with E-state index in [1.165, 1.54) is 18.1 Å². The zero-order chi connectivity index (χ0) is 25.8. The summed E-state index contributed by atoms with van der Waals surface area (Å²) in [6, 6.07) is 17.2. The lowest BCUT2D eigenvalue weighted by Gasteiger charge is -2.12. The molecular formula is C30H30N2O4. The Morgan fingerprint density at radius 1 is 0.917 bits per heavy atom. The highest BCUT2D eigenvalue weighted by atomic mass is 16.5. The molecule has 4 aromatic rings. The van der Waals surface area contributed by atoms with Crippen molar-refractivity contribution in [2.24, 2.45) is 0 Å². The predicted molar refractivity (Wildman–Crippen MR) is 145 cm³/mol. The standard InChI is InChI=1S/C30H30N2O4/c1-6-35-28-16-29-26(27(17-36-29)24-12-7-18(2)13-19(24)3)15-25(28)20(4)14-30(34)32-23-10-8-22(9-11-23)31-21(5)33/h7-17H,6H2,1-5H3,(H,31,33)(H,32,34)/b20-14+. The van der Waals surface area contributed by atoms with Gasteiger partial charge in [0.15, 0.2) is 0 Å². The smallest absolute Gasteiger partial charge is 0.248 e. The molecule has 0 spiro atoms. The fourth-order valence-electron chi connectivity index (χ4n) is 4.26. The van der Waals surface area contributed by atoms with Gasteiger partial charge in [-0.25, -0.2) is 0 Å². The third kappa shape index (κ3) is 5.49. The van der Waals surface area contributed by atoms with E-state index in [0.29, 0.717) is 23.7 Å². The van der Waals surface area contributed by atoms with Crippen molar-refractivity contribution in [2.45, 2.75) is 34.6 Å². The van der Waals surface area contributed by atoms with E-state index in [-0.39, 0.29) is 11.8 Å². The van der Waals surface area contributed by atoms with E-state index in [4.69, 9.17) is 9.15 Å². The van der Waals surface area contributed by atoms with Gasteiger partial charge in [-0.15, -0.1) is 0 Å². The molecule has 1 aromatic heterocycles. The molecule has 0 aliphatic heterocycles. The number of hydrogen-bond acceptors (Lipinski definition) is 4. The molecule has 6 heteroatoms. The number of ether oxygens (including phenoxy) is 1. The van der Waals surface area contributed by atoms with Gasteiger partial charge in [0, 0.05) is 47.0 Å². The first-order chi connectivity index (χ1) is 17.2. The summed E-state index contributed by atoms with van der Waals surface area (Å²) in [5, 5.41) is 6.54. The fraction of sp³-hybridized carbons (Fsp3) is 0.200. The Morgan fingerprint density at radius 2 is 1.61 bits per heavy atom. The lowest BCUT2D eigenvalue weighted by Crippen LogP contribution is -2.09. The molecule has 184 valence electrons. The van der Waals surface area contributed by atoms with E-state index >= 15 is 0 Å². The summed E-state index contributed by atoms with van der Waals surface area (Å²) in [4.78, 5) is 24.0. The number of carbonyl (C=O) groups is 2. The van der Waals surface area contributed by atoms with Crippen molar-refractivity contribution >= 4 is 39.7 Å². The van der Waals surface area contributed by atoms with E-state index in [9.17, 15) is 9.59 Å². The van der Waals surface area contributed by atoms with Crippen LogP contribution in [0.25, 0.3) is 27.7 Å². The van der Waals surface area contributed by atoms with Crippen LogP contribution in [0.1, 0.15) is 37.5 Å². The number of rotatable bonds is 7. The maximum Gasteiger partial charge on any atom is 0.248 e. The molecule has 0 atom stereocenters. The van der Waals surface area contributed by atoms with E-state index in [1.807, 2.05) is 26.0 Å². The first-order valence-electron chi connectivity index (χ1n) is 11.9. The first kappa shape index (κ1) is 24.8. The van der Waals surface area contributed by atoms with Crippen LogP contribution in [-0.2, 0) is 9.59 Å². The Kier molecular flexibility index (Phi) is 7.25. The van der Waals surface area contributed by atoms with Crippen molar-refractivity contribution in [1.29, 1.82) is 0 Å². The Bertz CT molecular complexity index is 1460. The third-order valence-corrected chi connectivity index (χ3v) is 5.89. The van der Waals surface area contributed by atoms with Crippen LogP contribution in [0.15, 0.2) is 71.4 Å². The van der Waals surface area contributed by atoms with Gasteiger partial charge in [0.2, 0.25) is 11.8 Å². The highest BCUT2D eigenvalue weighted by molar-refractivity contribution is 6.05. The van der Waals surface area contributed by atoms with Gasteiger partial charge >= 0.3 is 0 Å². The van der Waals surface area contributed by atoms with Gasteiger partial charge in [-0.05, 0) is 74.7 Å². The molecule has 0 bridgehead atoms. The summed E-state index contributed by atoms with van der Waals surface area (Å²) in [6.07, 6.45) is 3.33. The molecule has 0 aliphatic carbocycles. The third-order valence-electron chi connectivity index (χ3n) is 5.89. The fourth-order valence-corrected chi connectivity index (χ4v) is 4.26. The monoisotopic (exact) mass is 482 g/mol. The van der Waals surface area contributed by atoms with Gasteiger partial charge < -0.3 is 19.8 Å². The molecular weight excluding hydrogens is 452 g/mol. The van der Waals surface area contributed by atoms with Crippen LogP contribution in [0, 0.1) is 13.8 Å². The number of benzene rings is 3. The van der Waals surface area contributed by atoms with Gasteiger partial charge in [0.05, 0.1) is 12.9 Å². The van der Waals surface area contributed by atoms with Gasteiger partial charge in [0.25, 0.3) is 0 Å². The minimum atomic E-state index is -0.260. The lowest BCUT2D eigenvalue weighted by atomic mass is 9.96. The van der Waals surface area contributed by atoms with Gasteiger partial charge in [0.1, 0.15) is 11.3 Å². The topological polar surface area (TPSA) is 80.6 Å². The Labute approximate surface area is 211 Å². The normalized spacial score (nSPS) is 11.4. The molecule has 0 saturated heterocycles. The van der Waals surface area contributed by atoms with Crippen molar-refractivity contribution < 1.29 is 18.7 Å². The SMILES string of the molecule is CCOc1cc2occ(-c3ccc(C)cc3C)c2cc1/C(C)=C/C(=O)Nc1ccc(NC(C)=O)cc1. The second-order valence-corrected chi connectivity index (χ2v) is 8.82. The molecule has 3 aromatic carbocycles. The van der Waals surface area contributed by atoms with Crippen LogP contribution in [0.3, 0.4) is 0 Å². The van der Waals surface area contributed by atoms with Crippen LogP contribution in [-0.4, -0.2) is 18.4 Å². The van der Waals surface area contributed by atoms with E-state index < -0.39 is 0 Å². The van der Waals surface area contributed by atoms with Crippen molar-refractivity contribution in [3.05, 3.63) is 83.6 Å². The number of nitrogens with one attached hydrogen (secondary N) is 2. The zero-order valence-corrected chi connectivity index (χ0v) is 21.2. The van der Waals surface area contributed by atoms with Gasteiger partial charge in [-0.2, -0.15) is 0 Å². The molecule has 6 nitrogen and oxygen atoms in total. The average molecular weight is 483 g/mol. The molecule has 0 saturated carbocycles. The van der Waals surface area contributed by atoms with Crippen LogP contribution in [0.4, 0.5) is 11.4 Å². The number of carbonyl (C=O) groups excluding carboxylic acids is 2. The molecule has 2 amide bonds. The summed E-state index contributed by atoms with van der Waals surface area (Å²) in [6.45, 7) is 9.92. The molecule has 0 radical (unpaired) electrons. The molecule has 1 heterocycles. The summed E-state index contributed by atoms with van der Waals surface area (Å²) in [5.41, 5.74) is 8.11. The molecule has 4 rings (SSSR count). The summed E-state index contributed by atoms with van der Waals surface area (Å²) < 4.78 is 11.8. The molecule has 36 heavy (non-hydrogen) atoms. The second kappa shape index (κ2) is 10.5. The van der Waals surface area contributed by atoms with E-state index in [0.717, 1.165) is 33.2 Å². The van der Waals surface area contributed by atoms with Crippen molar-refractivity contribution in [2.75, 3.05) is 17.2 Å². The molecule has 2 N–H and O–H groups in total. The zero-order valence-electron chi connectivity index (χ0n) is 21.2. The van der Waals surface area contributed by atoms with Crippen LogP contribution in [0.5, 0.6) is 5.75 Å². The van der Waals surface area contributed by atoms with Gasteiger partial charge in [-0.1, -0.05) is 23.8 Å². The number of aryl methyl sites for hydroxylation is 2. The first-order valence-corrected chi connectivity index (χ1v) is 11.9. The summed E-state index contributed by atoms with van der Waals surface area (Å²) in [5.74, 6) is 0.252. The molecule has 0 fully saturated rings. The van der Waals surface area contributed by atoms with Gasteiger partial charge in [-0.3, -0.25) is 9.59 Å². The van der Waals surface area contributed by atoms with E-state index in [1.54, 1.807) is 36.6 Å². The van der Waals surface area contributed by atoms with Crippen LogP contribution < -0.4 is 15.4 Å². The molecule has 0 aliphatic rings. The number of fused-ring (bicyclic) bond motifs is 1. The predicted octanol–water partition coefficient (Wildman–Crippen LogP) is 7.12. The number of amides is 2. The number of furan rings is 1. The maximum absolute atomic E-state index is 12.8. The average Bonchev–Trinajstić information content (AvgIpc) is 3.22.